The number of nitrogens with two attached hydrogens (primary N) is 2. The van der Waals surface area contributed by atoms with Crippen molar-refractivity contribution < 1.29 is 5.11 Å². The maximum atomic E-state index is 9.73. The Kier molecular flexibility index (Phi) is 2.53. The molecule has 0 aliphatic rings. The Bertz CT molecular complexity index is 484. The summed E-state index contributed by atoms with van der Waals surface area (Å²) in [6.07, 6.45) is 1.68. The average Bonchev–Trinajstić information content (AvgIpc) is 2.27. The number of rotatable bonds is 2. The molecule has 1 heterocycles. The summed E-state index contributed by atoms with van der Waals surface area (Å²) in [5, 5.41) is 10.7. The number of benzene rings is 1. The van der Waals surface area contributed by atoms with E-state index in [0.29, 0.717) is 12.1 Å². The molecule has 0 fully saturated rings. The van der Waals surface area contributed by atoms with Gasteiger partial charge in [-0.3, -0.25) is 4.98 Å². The molecule has 15 heavy (non-hydrogen) atoms. The van der Waals surface area contributed by atoms with Crippen LogP contribution >= 0.6 is 0 Å². The average molecular weight is 203 g/mol. The van der Waals surface area contributed by atoms with Crippen molar-refractivity contribution in [2.24, 2.45) is 11.5 Å². The highest BCUT2D eigenvalue weighted by molar-refractivity contribution is 5.81. The Hall–Kier alpha value is -1.65. The van der Waals surface area contributed by atoms with Gasteiger partial charge >= 0.3 is 0 Å². The van der Waals surface area contributed by atoms with Crippen molar-refractivity contribution in [3.05, 3.63) is 36.0 Å². The molecule has 4 nitrogen and oxygen atoms in total. The van der Waals surface area contributed by atoms with E-state index < -0.39 is 0 Å². The van der Waals surface area contributed by atoms with E-state index in [2.05, 4.69) is 4.98 Å². The van der Waals surface area contributed by atoms with Crippen molar-refractivity contribution in [1.29, 1.82) is 0 Å². The van der Waals surface area contributed by atoms with Gasteiger partial charge in [0, 0.05) is 35.8 Å². The lowest BCUT2D eigenvalue weighted by molar-refractivity contribution is 0.463. The Morgan fingerprint density at radius 1 is 1.40 bits per heavy atom. The topological polar surface area (TPSA) is 85.2 Å². The van der Waals surface area contributed by atoms with E-state index in [1.54, 1.807) is 12.3 Å². The first kappa shape index (κ1) is 9.89. The summed E-state index contributed by atoms with van der Waals surface area (Å²) in [6, 6.07) is 6.87. The van der Waals surface area contributed by atoms with Crippen molar-refractivity contribution >= 4 is 10.9 Å². The van der Waals surface area contributed by atoms with E-state index in [0.717, 1.165) is 10.9 Å². The maximum Gasteiger partial charge on any atom is 0.122 e. The van der Waals surface area contributed by atoms with Crippen LogP contribution < -0.4 is 11.5 Å². The lowest BCUT2D eigenvalue weighted by Crippen LogP contribution is -2.20. The van der Waals surface area contributed by atoms with E-state index >= 15 is 0 Å². The van der Waals surface area contributed by atoms with Gasteiger partial charge in [0.2, 0.25) is 0 Å². The highest BCUT2D eigenvalue weighted by atomic mass is 16.3. The van der Waals surface area contributed by atoms with Crippen LogP contribution in [0.3, 0.4) is 0 Å². The quantitative estimate of drug-likeness (QED) is 0.677. The molecule has 1 atom stereocenters. The van der Waals surface area contributed by atoms with Crippen molar-refractivity contribution in [3.8, 4) is 5.75 Å². The number of aromatic nitrogens is 1. The highest BCUT2D eigenvalue weighted by Crippen LogP contribution is 2.27. The number of aromatic hydroxyl groups is 1. The van der Waals surface area contributed by atoms with Crippen LogP contribution in [0.25, 0.3) is 10.9 Å². The number of hydrogen-bond acceptors (Lipinski definition) is 4. The van der Waals surface area contributed by atoms with Gasteiger partial charge in [-0.25, -0.2) is 0 Å². The standard InChI is InChI=1S/C11H13N3O/c12-6-9(13)8-4-7-2-1-3-14-10(7)5-11(8)15/h1-5,9,15H,6,12-13H2/t9-/m1/s1. The Morgan fingerprint density at radius 3 is 2.93 bits per heavy atom. The SMILES string of the molecule is NC[C@@H](N)c1cc2cccnc2cc1O. The van der Waals surface area contributed by atoms with E-state index in [-0.39, 0.29) is 11.8 Å². The second-order valence-electron chi connectivity index (χ2n) is 3.45. The third kappa shape index (κ3) is 1.77. The third-order valence-electron chi connectivity index (χ3n) is 2.40. The van der Waals surface area contributed by atoms with Gasteiger partial charge in [-0.1, -0.05) is 6.07 Å². The van der Waals surface area contributed by atoms with Crippen molar-refractivity contribution in [1.82, 2.24) is 4.98 Å². The highest BCUT2D eigenvalue weighted by Gasteiger charge is 2.10. The molecular formula is C11H13N3O. The van der Waals surface area contributed by atoms with Crippen LogP contribution in [-0.2, 0) is 0 Å². The predicted octanol–water partition coefficient (Wildman–Crippen LogP) is 0.899. The minimum absolute atomic E-state index is 0.152. The fourth-order valence-electron chi connectivity index (χ4n) is 1.55. The monoisotopic (exact) mass is 203 g/mol. The summed E-state index contributed by atoms with van der Waals surface area (Å²) in [4.78, 5) is 4.14. The summed E-state index contributed by atoms with van der Waals surface area (Å²) in [7, 11) is 0. The van der Waals surface area contributed by atoms with E-state index in [1.165, 1.54) is 0 Å². The van der Waals surface area contributed by atoms with Crippen LogP contribution in [0.5, 0.6) is 5.75 Å². The zero-order chi connectivity index (χ0) is 10.8. The second kappa shape index (κ2) is 3.84. The lowest BCUT2D eigenvalue weighted by atomic mass is 10.0. The van der Waals surface area contributed by atoms with Gasteiger partial charge in [0.15, 0.2) is 0 Å². The molecule has 0 aliphatic carbocycles. The first-order valence-corrected chi connectivity index (χ1v) is 4.75. The largest absolute Gasteiger partial charge is 0.508 e. The van der Waals surface area contributed by atoms with Crippen LogP contribution in [0.1, 0.15) is 11.6 Å². The van der Waals surface area contributed by atoms with Gasteiger partial charge in [0.25, 0.3) is 0 Å². The van der Waals surface area contributed by atoms with Gasteiger partial charge in [-0.2, -0.15) is 0 Å². The molecule has 0 unspecified atom stereocenters. The molecule has 5 N–H and O–H groups in total. The number of hydrogen-bond donors (Lipinski definition) is 3. The van der Waals surface area contributed by atoms with E-state index in [9.17, 15) is 5.11 Å². The zero-order valence-electron chi connectivity index (χ0n) is 8.22. The smallest absolute Gasteiger partial charge is 0.122 e. The summed E-state index contributed by atoms with van der Waals surface area (Å²) in [5.41, 5.74) is 12.7. The van der Waals surface area contributed by atoms with E-state index in [4.69, 9.17) is 11.5 Å². The van der Waals surface area contributed by atoms with Crippen molar-refractivity contribution in [3.63, 3.8) is 0 Å². The molecule has 0 aliphatic heterocycles. The third-order valence-corrected chi connectivity index (χ3v) is 2.40. The number of fused-ring (bicyclic) bond motifs is 1. The van der Waals surface area contributed by atoms with Crippen LogP contribution in [0, 0.1) is 0 Å². The Morgan fingerprint density at radius 2 is 2.20 bits per heavy atom. The van der Waals surface area contributed by atoms with Gasteiger partial charge in [-0.15, -0.1) is 0 Å². The first-order chi connectivity index (χ1) is 7.22. The summed E-state index contributed by atoms with van der Waals surface area (Å²) in [5.74, 6) is 0.152. The first-order valence-electron chi connectivity index (χ1n) is 4.75. The molecule has 0 amide bonds. The fourth-order valence-corrected chi connectivity index (χ4v) is 1.55. The van der Waals surface area contributed by atoms with Gasteiger partial charge in [-0.05, 0) is 12.1 Å². The van der Waals surface area contributed by atoms with Crippen LogP contribution in [0.2, 0.25) is 0 Å². The van der Waals surface area contributed by atoms with Gasteiger partial charge < -0.3 is 16.6 Å². The lowest BCUT2D eigenvalue weighted by Gasteiger charge is -2.12. The predicted molar refractivity (Wildman–Crippen MR) is 59.4 cm³/mol. The molecular weight excluding hydrogens is 190 g/mol. The minimum atomic E-state index is -0.338. The number of phenols is 1. The summed E-state index contributed by atoms with van der Waals surface area (Å²) < 4.78 is 0. The molecule has 2 aromatic rings. The molecule has 0 spiro atoms. The van der Waals surface area contributed by atoms with E-state index in [1.807, 2.05) is 18.2 Å². The molecule has 1 aromatic carbocycles. The zero-order valence-corrected chi connectivity index (χ0v) is 8.22. The van der Waals surface area contributed by atoms with Gasteiger partial charge in [0.05, 0.1) is 5.52 Å². The number of pyridine rings is 1. The normalized spacial score (nSPS) is 12.9. The molecule has 4 heteroatoms. The molecule has 0 radical (unpaired) electrons. The maximum absolute atomic E-state index is 9.73. The van der Waals surface area contributed by atoms with Crippen molar-refractivity contribution in [2.75, 3.05) is 6.54 Å². The molecule has 1 aromatic heterocycles. The van der Waals surface area contributed by atoms with Crippen LogP contribution in [0.4, 0.5) is 0 Å². The van der Waals surface area contributed by atoms with Crippen LogP contribution in [0.15, 0.2) is 30.5 Å². The van der Waals surface area contributed by atoms with Crippen LogP contribution in [-0.4, -0.2) is 16.6 Å². The fraction of sp³-hybridized carbons (Fsp3) is 0.182. The van der Waals surface area contributed by atoms with Crippen molar-refractivity contribution in [2.45, 2.75) is 6.04 Å². The Labute approximate surface area is 87.5 Å². The molecule has 2 rings (SSSR count). The van der Waals surface area contributed by atoms with Gasteiger partial charge in [0.1, 0.15) is 5.75 Å². The minimum Gasteiger partial charge on any atom is -0.508 e. The summed E-state index contributed by atoms with van der Waals surface area (Å²) in [6.45, 7) is 0.305. The Balaban J connectivity index is 2.61. The molecule has 0 bridgehead atoms. The second-order valence-corrected chi connectivity index (χ2v) is 3.45. The molecule has 0 saturated carbocycles. The molecule has 0 saturated heterocycles. The molecule has 78 valence electrons. The number of nitrogens with zero attached hydrogens (tertiary/aromatic N) is 1. The summed E-state index contributed by atoms with van der Waals surface area (Å²) >= 11 is 0. The number of phenolic OH excluding ortho intramolecular Hbond substituents is 1.